The molecule has 1 fully saturated rings. The Kier molecular flexibility index (Phi) is 4.43. The molecule has 116 valence electrons. The predicted molar refractivity (Wildman–Crippen MR) is 83.0 cm³/mol. The number of likely N-dealkylation sites (tertiary alicyclic amines) is 1. The maximum atomic E-state index is 12.4. The SMILES string of the molecule is CCc1nnc(C2CCN(C(=O)c3ccc(Cl)cc3)CC2)o1. The predicted octanol–water partition coefficient (Wildman–Crippen LogP) is 3.31. The molecule has 0 N–H and O–H groups in total. The average Bonchev–Trinajstić information content (AvgIpc) is 3.04. The van der Waals surface area contributed by atoms with Crippen molar-refractivity contribution in [2.24, 2.45) is 0 Å². The van der Waals surface area contributed by atoms with Gasteiger partial charge in [0.15, 0.2) is 0 Å². The Morgan fingerprint density at radius 2 is 1.95 bits per heavy atom. The van der Waals surface area contributed by atoms with Gasteiger partial charge in [0.2, 0.25) is 11.8 Å². The van der Waals surface area contributed by atoms with Crippen molar-refractivity contribution in [2.45, 2.75) is 32.1 Å². The first-order chi connectivity index (χ1) is 10.7. The number of benzene rings is 1. The maximum absolute atomic E-state index is 12.4. The molecule has 5 nitrogen and oxygen atoms in total. The van der Waals surface area contributed by atoms with Crippen molar-refractivity contribution < 1.29 is 9.21 Å². The van der Waals surface area contributed by atoms with Gasteiger partial charge in [-0.2, -0.15) is 0 Å². The molecule has 0 bridgehead atoms. The highest BCUT2D eigenvalue weighted by Crippen LogP contribution is 2.28. The number of halogens is 1. The van der Waals surface area contributed by atoms with E-state index in [1.54, 1.807) is 24.3 Å². The Balaban J connectivity index is 1.61. The number of rotatable bonds is 3. The van der Waals surface area contributed by atoms with E-state index in [1.807, 2.05) is 11.8 Å². The van der Waals surface area contributed by atoms with Crippen molar-refractivity contribution >= 4 is 17.5 Å². The van der Waals surface area contributed by atoms with Gasteiger partial charge in [-0.25, -0.2) is 0 Å². The number of hydrogen-bond donors (Lipinski definition) is 0. The van der Waals surface area contributed by atoms with E-state index in [0.29, 0.717) is 35.5 Å². The minimum atomic E-state index is 0.0508. The van der Waals surface area contributed by atoms with Crippen molar-refractivity contribution in [3.63, 3.8) is 0 Å². The first kappa shape index (κ1) is 15.0. The maximum Gasteiger partial charge on any atom is 0.253 e. The summed E-state index contributed by atoms with van der Waals surface area (Å²) < 4.78 is 5.63. The van der Waals surface area contributed by atoms with Crippen LogP contribution < -0.4 is 0 Å². The number of carbonyl (C=O) groups is 1. The monoisotopic (exact) mass is 319 g/mol. The number of amides is 1. The van der Waals surface area contributed by atoms with Gasteiger partial charge in [-0.05, 0) is 37.1 Å². The standard InChI is InChI=1S/C16H18ClN3O2/c1-2-14-18-19-15(22-14)11-7-9-20(10-8-11)16(21)12-3-5-13(17)6-4-12/h3-6,11H,2,7-10H2,1H3. The first-order valence-electron chi connectivity index (χ1n) is 7.54. The summed E-state index contributed by atoms with van der Waals surface area (Å²) in [6.07, 6.45) is 2.45. The van der Waals surface area contributed by atoms with Crippen LogP contribution in [0.5, 0.6) is 0 Å². The van der Waals surface area contributed by atoms with Gasteiger partial charge >= 0.3 is 0 Å². The molecule has 3 rings (SSSR count). The highest BCUT2D eigenvalue weighted by atomic mass is 35.5. The minimum absolute atomic E-state index is 0.0508. The van der Waals surface area contributed by atoms with E-state index >= 15 is 0 Å². The molecule has 0 aliphatic carbocycles. The number of aromatic nitrogens is 2. The summed E-state index contributed by atoms with van der Waals surface area (Å²) in [6, 6.07) is 7.02. The molecule has 1 saturated heterocycles. The summed E-state index contributed by atoms with van der Waals surface area (Å²) >= 11 is 5.85. The van der Waals surface area contributed by atoms with Crippen LogP contribution in [-0.4, -0.2) is 34.1 Å². The van der Waals surface area contributed by atoms with Gasteiger partial charge in [0, 0.05) is 36.0 Å². The lowest BCUT2D eigenvalue weighted by molar-refractivity contribution is 0.0706. The van der Waals surface area contributed by atoms with Gasteiger partial charge in [0.25, 0.3) is 5.91 Å². The van der Waals surface area contributed by atoms with Gasteiger partial charge in [0.1, 0.15) is 0 Å². The van der Waals surface area contributed by atoms with Crippen molar-refractivity contribution in [3.8, 4) is 0 Å². The van der Waals surface area contributed by atoms with Gasteiger partial charge in [-0.3, -0.25) is 4.79 Å². The summed E-state index contributed by atoms with van der Waals surface area (Å²) in [5.74, 6) is 1.68. The molecule has 0 saturated carbocycles. The fourth-order valence-corrected chi connectivity index (χ4v) is 2.80. The molecule has 22 heavy (non-hydrogen) atoms. The zero-order valence-corrected chi connectivity index (χ0v) is 13.2. The highest BCUT2D eigenvalue weighted by Gasteiger charge is 2.27. The van der Waals surface area contributed by atoms with Crippen LogP contribution in [0.3, 0.4) is 0 Å². The fourth-order valence-electron chi connectivity index (χ4n) is 2.68. The topological polar surface area (TPSA) is 59.2 Å². The van der Waals surface area contributed by atoms with Crippen LogP contribution in [0.2, 0.25) is 5.02 Å². The third-order valence-corrected chi connectivity index (χ3v) is 4.26. The smallest absolute Gasteiger partial charge is 0.253 e. The number of nitrogens with zero attached hydrogens (tertiary/aromatic N) is 3. The molecule has 2 aromatic rings. The van der Waals surface area contributed by atoms with Crippen LogP contribution in [0.1, 0.15) is 47.8 Å². The molecule has 1 aromatic carbocycles. The summed E-state index contributed by atoms with van der Waals surface area (Å²) in [4.78, 5) is 14.3. The number of piperidine rings is 1. The fraction of sp³-hybridized carbons (Fsp3) is 0.438. The van der Waals surface area contributed by atoms with Crippen molar-refractivity contribution in [2.75, 3.05) is 13.1 Å². The molecule has 1 aromatic heterocycles. The molecule has 0 unspecified atom stereocenters. The summed E-state index contributed by atoms with van der Waals surface area (Å²) in [5, 5.41) is 8.76. The molecule has 0 radical (unpaired) electrons. The van der Waals surface area contributed by atoms with E-state index in [9.17, 15) is 4.79 Å². The molecule has 2 heterocycles. The largest absolute Gasteiger partial charge is 0.425 e. The molecular weight excluding hydrogens is 302 g/mol. The summed E-state index contributed by atoms with van der Waals surface area (Å²) in [6.45, 7) is 3.40. The second-order valence-corrected chi connectivity index (χ2v) is 5.90. The lowest BCUT2D eigenvalue weighted by Gasteiger charge is -2.30. The Morgan fingerprint density at radius 3 is 2.55 bits per heavy atom. The Bertz CT molecular complexity index is 646. The number of hydrogen-bond acceptors (Lipinski definition) is 4. The Labute approximate surface area is 134 Å². The Hall–Kier alpha value is -1.88. The Morgan fingerprint density at radius 1 is 1.27 bits per heavy atom. The minimum Gasteiger partial charge on any atom is -0.425 e. The summed E-state index contributed by atoms with van der Waals surface area (Å²) in [5.41, 5.74) is 0.675. The quantitative estimate of drug-likeness (QED) is 0.871. The van der Waals surface area contributed by atoms with Crippen molar-refractivity contribution in [1.29, 1.82) is 0 Å². The van der Waals surface area contributed by atoms with Crippen LogP contribution >= 0.6 is 11.6 Å². The van der Waals surface area contributed by atoms with E-state index in [-0.39, 0.29) is 11.8 Å². The van der Waals surface area contributed by atoms with Gasteiger partial charge < -0.3 is 9.32 Å². The van der Waals surface area contributed by atoms with Crippen LogP contribution in [0, 0.1) is 0 Å². The molecule has 1 amide bonds. The first-order valence-corrected chi connectivity index (χ1v) is 7.92. The number of carbonyl (C=O) groups excluding carboxylic acids is 1. The van der Waals surface area contributed by atoms with E-state index in [1.165, 1.54) is 0 Å². The molecule has 1 aliphatic heterocycles. The molecule has 0 atom stereocenters. The van der Waals surface area contributed by atoms with Crippen molar-refractivity contribution in [1.82, 2.24) is 15.1 Å². The van der Waals surface area contributed by atoms with Gasteiger partial charge in [0.05, 0.1) is 0 Å². The second-order valence-electron chi connectivity index (χ2n) is 5.46. The highest BCUT2D eigenvalue weighted by molar-refractivity contribution is 6.30. The third kappa shape index (κ3) is 3.14. The second kappa shape index (κ2) is 6.48. The van der Waals surface area contributed by atoms with Crippen LogP contribution in [0.25, 0.3) is 0 Å². The van der Waals surface area contributed by atoms with E-state index in [0.717, 1.165) is 19.3 Å². The molecule has 0 spiro atoms. The normalized spacial score (nSPS) is 16.0. The van der Waals surface area contributed by atoms with E-state index in [4.69, 9.17) is 16.0 Å². The molecule has 6 heteroatoms. The lowest BCUT2D eigenvalue weighted by atomic mass is 9.96. The zero-order chi connectivity index (χ0) is 15.5. The summed E-state index contributed by atoms with van der Waals surface area (Å²) in [7, 11) is 0. The van der Waals surface area contributed by atoms with Crippen molar-refractivity contribution in [3.05, 3.63) is 46.6 Å². The molecule has 1 aliphatic rings. The van der Waals surface area contributed by atoms with Crippen LogP contribution in [0.15, 0.2) is 28.7 Å². The lowest BCUT2D eigenvalue weighted by Crippen LogP contribution is -2.38. The van der Waals surface area contributed by atoms with Crippen LogP contribution in [0.4, 0.5) is 0 Å². The van der Waals surface area contributed by atoms with E-state index in [2.05, 4.69) is 10.2 Å². The average molecular weight is 320 g/mol. The van der Waals surface area contributed by atoms with Gasteiger partial charge in [-0.15, -0.1) is 10.2 Å². The molecular formula is C16H18ClN3O2. The zero-order valence-electron chi connectivity index (χ0n) is 12.5. The van der Waals surface area contributed by atoms with Crippen LogP contribution in [-0.2, 0) is 6.42 Å². The third-order valence-electron chi connectivity index (χ3n) is 4.01. The number of aryl methyl sites for hydroxylation is 1. The van der Waals surface area contributed by atoms with E-state index < -0.39 is 0 Å². The van der Waals surface area contributed by atoms with Gasteiger partial charge in [-0.1, -0.05) is 18.5 Å².